The number of H-pyrrole nitrogens is 1. The van der Waals surface area contributed by atoms with Crippen LogP contribution in [0.25, 0.3) is 11.5 Å². The van der Waals surface area contributed by atoms with Gasteiger partial charge in [0.05, 0.1) is 25.1 Å². The van der Waals surface area contributed by atoms with Crippen molar-refractivity contribution in [1.29, 1.82) is 0 Å². The molecule has 4 rings (SSSR count). The highest BCUT2D eigenvalue weighted by Gasteiger charge is 2.32. The molecule has 3 aromatic heterocycles. The minimum absolute atomic E-state index is 0.106. The van der Waals surface area contributed by atoms with E-state index in [0.717, 1.165) is 12.8 Å². The Hall–Kier alpha value is -3.16. The van der Waals surface area contributed by atoms with E-state index in [9.17, 15) is 4.79 Å². The molecule has 0 radical (unpaired) electrons. The van der Waals surface area contributed by atoms with Crippen molar-refractivity contribution in [3.8, 4) is 23.2 Å². The molecule has 0 bridgehead atoms. The second-order valence-electron chi connectivity index (χ2n) is 6.09. The van der Waals surface area contributed by atoms with Crippen LogP contribution in [-0.4, -0.2) is 32.8 Å². The molecule has 0 saturated heterocycles. The van der Waals surface area contributed by atoms with Crippen molar-refractivity contribution in [2.75, 3.05) is 6.61 Å². The molecule has 134 valence electrons. The molecular weight excluding hydrogens is 336 g/mol. The summed E-state index contributed by atoms with van der Waals surface area (Å²) in [7, 11) is 0. The Morgan fingerprint density at radius 2 is 2.08 bits per heavy atom. The standard InChI is InChI=1S/C18H18N4O4/c1-2-24-17-7-11(3-4-19-17)12-5-13(6-12)25-18-10-20-14(9-21-18)15-8-16(23)22-26-15/h3-4,7-10,12-13H,2,5-6H2,1H3,(H,22,23). The maximum atomic E-state index is 11.1. The quantitative estimate of drug-likeness (QED) is 0.725. The van der Waals surface area contributed by atoms with Crippen molar-refractivity contribution < 1.29 is 14.0 Å². The van der Waals surface area contributed by atoms with Gasteiger partial charge in [-0.3, -0.25) is 4.79 Å². The van der Waals surface area contributed by atoms with Gasteiger partial charge < -0.3 is 14.0 Å². The minimum Gasteiger partial charge on any atom is -0.478 e. The highest BCUT2D eigenvalue weighted by atomic mass is 16.5. The Morgan fingerprint density at radius 1 is 1.19 bits per heavy atom. The zero-order chi connectivity index (χ0) is 17.9. The first kappa shape index (κ1) is 16.3. The molecule has 0 amide bonds. The lowest BCUT2D eigenvalue weighted by Gasteiger charge is -2.35. The third-order valence-corrected chi connectivity index (χ3v) is 4.31. The summed E-state index contributed by atoms with van der Waals surface area (Å²) in [5, 5.41) is 2.22. The number of hydrogen-bond acceptors (Lipinski definition) is 7. The first-order valence-electron chi connectivity index (χ1n) is 8.47. The molecule has 3 heterocycles. The summed E-state index contributed by atoms with van der Waals surface area (Å²) < 4.78 is 16.3. The fraction of sp³-hybridized carbons (Fsp3) is 0.333. The Bertz CT molecular complexity index is 929. The highest BCUT2D eigenvalue weighted by Crippen LogP contribution is 2.39. The molecule has 3 aromatic rings. The average Bonchev–Trinajstić information content (AvgIpc) is 3.05. The number of pyridine rings is 1. The smallest absolute Gasteiger partial charge is 0.280 e. The van der Waals surface area contributed by atoms with E-state index >= 15 is 0 Å². The number of nitrogens with zero attached hydrogens (tertiary/aromatic N) is 3. The van der Waals surface area contributed by atoms with Crippen LogP contribution in [0.3, 0.4) is 0 Å². The van der Waals surface area contributed by atoms with E-state index in [4.69, 9.17) is 14.0 Å². The number of aromatic amines is 1. The molecule has 1 fully saturated rings. The van der Waals surface area contributed by atoms with Crippen molar-refractivity contribution in [2.45, 2.75) is 31.8 Å². The lowest BCUT2D eigenvalue weighted by Crippen LogP contribution is -2.32. The summed E-state index contributed by atoms with van der Waals surface area (Å²) in [5.74, 6) is 1.90. The van der Waals surface area contributed by atoms with E-state index in [0.29, 0.717) is 35.7 Å². The van der Waals surface area contributed by atoms with Crippen molar-refractivity contribution in [3.63, 3.8) is 0 Å². The average molecular weight is 354 g/mol. The van der Waals surface area contributed by atoms with Crippen molar-refractivity contribution in [2.24, 2.45) is 0 Å². The summed E-state index contributed by atoms with van der Waals surface area (Å²) >= 11 is 0. The number of nitrogens with one attached hydrogen (secondary N) is 1. The van der Waals surface area contributed by atoms with Crippen LogP contribution in [0.5, 0.6) is 11.8 Å². The largest absolute Gasteiger partial charge is 0.478 e. The van der Waals surface area contributed by atoms with Crippen LogP contribution in [0.1, 0.15) is 31.2 Å². The van der Waals surface area contributed by atoms with E-state index in [1.54, 1.807) is 6.20 Å². The summed E-state index contributed by atoms with van der Waals surface area (Å²) in [6.07, 6.45) is 6.76. The summed E-state index contributed by atoms with van der Waals surface area (Å²) in [6, 6.07) is 5.33. The topological polar surface area (TPSA) is 103 Å². The predicted molar refractivity (Wildman–Crippen MR) is 92.2 cm³/mol. The van der Waals surface area contributed by atoms with Gasteiger partial charge in [0.25, 0.3) is 5.56 Å². The molecule has 0 atom stereocenters. The third-order valence-electron chi connectivity index (χ3n) is 4.31. The van der Waals surface area contributed by atoms with Crippen LogP contribution in [0.2, 0.25) is 0 Å². The first-order chi connectivity index (χ1) is 12.7. The Labute approximate surface area is 149 Å². The molecule has 0 spiro atoms. The second kappa shape index (κ2) is 6.99. The maximum Gasteiger partial charge on any atom is 0.280 e. The molecule has 1 aliphatic rings. The lowest BCUT2D eigenvalue weighted by atomic mass is 9.78. The maximum absolute atomic E-state index is 11.1. The van der Waals surface area contributed by atoms with E-state index < -0.39 is 0 Å². The van der Waals surface area contributed by atoms with Crippen LogP contribution < -0.4 is 15.0 Å². The van der Waals surface area contributed by atoms with Gasteiger partial charge in [0.1, 0.15) is 11.8 Å². The van der Waals surface area contributed by atoms with E-state index in [1.165, 1.54) is 24.0 Å². The van der Waals surface area contributed by atoms with Crippen LogP contribution in [-0.2, 0) is 0 Å². The van der Waals surface area contributed by atoms with Gasteiger partial charge >= 0.3 is 0 Å². The predicted octanol–water partition coefficient (Wildman–Crippen LogP) is 2.54. The van der Waals surface area contributed by atoms with Crippen LogP contribution >= 0.6 is 0 Å². The number of aromatic nitrogens is 4. The van der Waals surface area contributed by atoms with Crippen LogP contribution in [0, 0.1) is 0 Å². The van der Waals surface area contributed by atoms with Gasteiger partial charge in [0.15, 0.2) is 5.76 Å². The van der Waals surface area contributed by atoms with Crippen LogP contribution in [0.4, 0.5) is 0 Å². The molecule has 1 saturated carbocycles. The van der Waals surface area contributed by atoms with E-state index in [-0.39, 0.29) is 11.7 Å². The Kier molecular flexibility index (Phi) is 4.39. The molecule has 8 nitrogen and oxygen atoms in total. The highest BCUT2D eigenvalue weighted by molar-refractivity contribution is 5.49. The molecule has 1 aliphatic carbocycles. The Balaban J connectivity index is 1.34. The number of hydrogen-bond donors (Lipinski definition) is 1. The van der Waals surface area contributed by atoms with Crippen molar-refractivity contribution >= 4 is 0 Å². The molecule has 8 heteroatoms. The number of ether oxygens (including phenoxy) is 2. The molecular formula is C18H18N4O4. The zero-order valence-electron chi connectivity index (χ0n) is 14.2. The van der Waals surface area contributed by atoms with Gasteiger partial charge in [-0.1, -0.05) is 0 Å². The van der Waals surface area contributed by atoms with Gasteiger partial charge in [-0.15, -0.1) is 0 Å². The fourth-order valence-corrected chi connectivity index (χ4v) is 2.92. The second-order valence-corrected chi connectivity index (χ2v) is 6.09. The Morgan fingerprint density at radius 3 is 2.77 bits per heavy atom. The van der Waals surface area contributed by atoms with E-state index in [2.05, 4.69) is 20.1 Å². The third kappa shape index (κ3) is 3.44. The summed E-state index contributed by atoms with van der Waals surface area (Å²) in [4.78, 5) is 23.7. The molecule has 0 aromatic carbocycles. The first-order valence-corrected chi connectivity index (χ1v) is 8.47. The molecule has 0 unspecified atom stereocenters. The van der Waals surface area contributed by atoms with Gasteiger partial charge in [0, 0.05) is 12.3 Å². The van der Waals surface area contributed by atoms with Crippen molar-refractivity contribution in [3.05, 3.63) is 52.7 Å². The monoisotopic (exact) mass is 354 g/mol. The van der Waals surface area contributed by atoms with Crippen LogP contribution in [0.15, 0.2) is 46.1 Å². The molecule has 0 aliphatic heterocycles. The van der Waals surface area contributed by atoms with E-state index in [1.807, 2.05) is 19.1 Å². The van der Waals surface area contributed by atoms with Crippen molar-refractivity contribution in [1.82, 2.24) is 20.1 Å². The zero-order valence-corrected chi connectivity index (χ0v) is 14.2. The molecule has 26 heavy (non-hydrogen) atoms. The van der Waals surface area contributed by atoms with Gasteiger partial charge in [-0.25, -0.2) is 15.0 Å². The van der Waals surface area contributed by atoms with Gasteiger partial charge in [-0.2, -0.15) is 5.16 Å². The lowest BCUT2D eigenvalue weighted by molar-refractivity contribution is 0.0929. The fourth-order valence-electron chi connectivity index (χ4n) is 2.92. The minimum atomic E-state index is -0.314. The normalized spacial score (nSPS) is 19.0. The molecule has 1 N–H and O–H groups in total. The van der Waals surface area contributed by atoms with Gasteiger partial charge in [-0.05, 0) is 37.3 Å². The summed E-state index contributed by atoms with van der Waals surface area (Å²) in [6.45, 7) is 2.55. The van der Waals surface area contributed by atoms with Gasteiger partial charge in [0.2, 0.25) is 11.8 Å². The number of rotatable bonds is 6. The summed E-state index contributed by atoms with van der Waals surface area (Å²) in [5.41, 5.74) is 1.38. The SMILES string of the molecule is CCOc1cc(C2CC(Oc3cnc(-c4cc(=O)[nH]o4)cn3)C2)ccn1.